The Morgan fingerprint density at radius 1 is 1.37 bits per heavy atom. The number of carbonyl (C=O) groups is 1. The van der Waals surface area contributed by atoms with Gasteiger partial charge in [0.1, 0.15) is 0 Å². The minimum atomic E-state index is -3.00. The number of hydrogen-bond donors (Lipinski definition) is 1. The van der Waals surface area contributed by atoms with Crippen LogP contribution in [0.2, 0.25) is 0 Å². The first-order chi connectivity index (χ1) is 12.7. The van der Waals surface area contributed by atoms with Crippen molar-refractivity contribution in [3.05, 3.63) is 29.3 Å². The molecular weight excluding hydrogens is 404 g/mol. The molecule has 1 saturated heterocycles. The molecule has 1 aliphatic rings. The number of benzene rings is 1. The molecule has 1 aromatic heterocycles. The highest BCUT2D eigenvalue weighted by Crippen LogP contribution is 2.29. The monoisotopic (exact) mass is 426 g/mol. The number of carbonyl (C=O) groups excluding carboxylic acids is 1. The lowest BCUT2D eigenvalue weighted by Crippen LogP contribution is -2.38. The standard InChI is InChI=1S/C17H22N4O3S3/c1-11-5-4-6-14(12(11)2)18-16-19-20-17(26-16)25-9-15(22)21(3)13-7-8-27(23,24)10-13/h4-6,13H,7-10H2,1-3H3,(H,18,19)/t13-/m0/s1. The Kier molecular flexibility index (Phi) is 6.07. The summed E-state index contributed by atoms with van der Waals surface area (Å²) in [6.07, 6.45) is 0.512. The summed E-state index contributed by atoms with van der Waals surface area (Å²) in [6, 6.07) is 5.81. The van der Waals surface area contributed by atoms with Gasteiger partial charge < -0.3 is 10.2 Å². The second-order valence-corrected chi connectivity index (χ2v) is 11.0. The van der Waals surface area contributed by atoms with Crippen molar-refractivity contribution in [3.8, 4) is 0 Å². The fraction of sp³-hybridized carbons (Fsp3) is 0.471. The molecule has 146 valence electrons. The van der Waals surface area contributed by atoms with E-state index in [0.29, 0.717) is 15.9 Å². The van der Waals surface area contributed by atoms with Gasteiger partial charge in [0.05, 0.1) is 17.3 Å². The summed E-state index contributed by atoms with van der Waals surface area (Å²) in [4.78, 5) is 13.9. The van der Waals surface area contributed by atoms with Crippen molar-refractivity contribution in [2.45, 2.75) is 30.6 Å². The van der Waals surface area contributed by atoms with E-state index in [4.69, 9.17) is 0 Å². The van der Waals surface area contributed by atoms with Crippen molar-refractivity contribution in [3.63, 3.8) is 0 Å². The summed E-state index contributed by atoms with van der Waals surface area (Å²) in [5.74, 6) is 0.335. The molecule has 1 fully saturated rings. The number of aromatic nitrogens is 2. The lowest BCUT2D eigenvalue weighted by molar-refractivity contribution is -0.128. The maximum atomic E-state index is 12.3. The number of aryl methyl sites for hydroxylation is 1. The number of nitrogens with one attached hydrogen (secondary N) is 1. The maximum absolute atomic E-state index is 12.3. The fourth-order valence-corrected chi connectivity index (χ4v) is 6.29. The average Bonchev–Trinajstić information content (AvgIpc) is 3.22. The normalized spacial score (nSPS) is 18.4. The molecule has 0 unspecified atom stereocenters. The third kappa shape index (κ3) is 4.99. The van der Waals surface area contributed by atoms with Crippen LogP contribution >= 0.6 is 23.1 Å². The van der Waals surface area contributed by atoms with Crippen LogP contribution in [0.5, 0.6) is 0 Å². The number of nitrogens with zero attached hydrogens (tertiary/aromatic N) is 3. The van der Waals surface area contributed by atoms with Gasteiger partial charge in [0.2, 0.25) is 11.0 Å². The first kappa shape index (κ1) is 20.1. The second kappa shape index (κ2) is 8.15. The summed E-state index contributed by atoms with van der Waals surface area (Å²) in [5.41, 5.74) is 3.34. The van der Waals surface area contributed by atoms with E-state index >= 15 is 0 Å². The molecule has 0 bridgehead atoms. The molecule has 0 spiro atoms. The smallest absolute Gasteiger partial charge is 0.233 e. The van der Waals surface area contributed by atoms with Gasteiger partial charge in [0.25, 0.3) is 0 Å². The molecule has 1 amide bonds. The number of thioether (sulfide) groups is 1. The van der Waals surface area contributed by atoms with Crippen molar-refractivity contribution >= 4 is 49.7 Å². The first-order valence-electron chi connectivity index (χ1n) is 8.51. The van der Waals surface area contributed by atoms with Crippen LogP contribution in [0.15, 0.2) is 22.5 Å². The molecule has 1 N–H and O–H groups in total. The van der Waals surface area contributed by atoms with Crippen LogP contribution in [0, 0.1) is 13.8 Å². The molecule has 27 heavy (non-hydrogen) atoms. The van der Waals surface area contributed by atoms with Crippen LogP contribution in [0.4, 0.5) is 10.8 Å². The van der Waals surface area contributed by atoms with Crippen molar-refractivity contribution in [2.24, 2.45) is 0 Å². The lowest BCUT2D eigenvalue weighted by Gasteiger charge is -2.22. The molecule has 1 atom stereocenters. The van der Waals surface area contributed by atoms with Crippen molar-refractivity contribution in [1.29, 1.82) is 0 Å². The van der Waals surface area contributed by atoms with E-state index in [-0.39, 0.29) is 29.2 Å². The van der Waals surface area contributed by atoms with Gasteiger partial charge in [0, 0.05) is 18.8 Å². The Morgan fingerprint density at radius 2 is 2.15 bits per heavy atom. The molecule has 10 heteroatoms. The van der Waals surface area contributed by atoms with Crippen molar-refractivity contribution in [2.75, 3.05) is 29.6 Å². The molecular formula is C17H22N4O3S3. The predicted molar refractivity (Wildman–Crippen MR) is 110 cm³/mol. The molecule has 2 aromatic rings. The van der Waals surface area contributed by atoms with Gasteiger partial charge in [-0.2, -0.15) is 0 Å². The van der Waals surface area contributed by atoms with Gasteiger partial charge in [-0.15, -0.1) is 10.2 Å². The number of hydrogen-bond acceptors (Lipinski definition) is 8. The Labute approximate surface area is 167 Å². The molecule has 0 saturated carbocycles. The minimum Gasteiger partial charge on any atom is -0.341 e. The van der Waals surface area contributed by atoms with Crippen LogP contribution in [0.25, 0.3) is 0 Å². The number of amides is 1. The van der Waals surface area contributed by atoms with Gasteiger partial charge in [0.15, 0.2) is 14.2 Å². The van der Waals surface area contributed by atoms with Gasteiger partial charge in [-0.05, 0) is 37.5 Å². The zero-order valence-electron chi connectivity index (χ0n) is 15.4. The summed E-state index contributed by atoms with van der Waals surface area (Å²) < 4.78 is 23.9. The third-order valence-electron chi connectivity index (χ3n) is 4.72. The first-order valence-corrected chi connectivity index (χ1v) is 12.1. The van der Waals surface area contributed by atoms with E-state index in [1.165, 1.54) is 28.7 Å². The van der Waals surface area contributed by atoms with E-state index < -0.39 is 9.84 Å². The number of rotatable bonds is 6. The molecule has 2 heterocycles. The van der Waals surface area contributed by atoms with Gasteiger partial charge in [-0.25, -0.2) is 8.42 Å². The van der Waals surface area contributed by atoms with Gasteiger partial charge in [-0.1, -0.05) is 35.2 Å². The van der Waals surface area contributed by atoms with Crippen LogP contribution < -0.4 is 5.32 Å². The lowest BCUT2D eigenvalue weighted by atomic mass is 10.1. The Hall–Kier alpha value is -1.65. The predicted octanol–water partition coefficient (Wildman–Crippen LogP) is 2.64. The number of anilines is 2. The topological polar surface area (TPSA) is 92.3 Å². The molecule has 7 nitrogen and oxygen atoms in total. The van der Waals surface area contributed by atoms with E-state index in [0.717, 1.165) is 11.3 Å². The Bertz CT molecular complexity index is 943. The summed E-state index contributed by atoms with van der Waals surface area (Å²) in [5, 5.41) is 12.2. The van der Waals surface area contributed by atoms with Crippen molar-refractivity contribution < 1.29 is 13.2 Å². The summed E-state index contributed by atoms with van der Waals surface area (Å²) >= 11 is 2.71. The highest BCUT2D eigenvalue weighted by Gasteiger charge is 2.32. The molecule has 1 aliphatic heterocycles. The minimum absolute atomic E-state index is 0.0582. The van der Waals surface area contributed by atoms with Crippen molar-refractivity contribution in [1.82, 2.24) is 15.1 Å². The fourth-order valence-electron chi connectivity index (χ4n) is 2.83. The summed E-state index contributed by atoms with van der Waals surface area (Å²) in [6.45, 7) is 4.10. The number of sulfone groups is 1. The van der Waals surface area contributed by atoms with Crippen LogP contribution in [0.1, 0.15) is 17.5 Å². The van der Waals surface area contributed by atoms with E-state index in [1.807, 2.05) is 19.1 Å². The summed E-state index contributed by atoms with van der Waals surface area (Å²) in [7, 11) is -1.33. The SMILES string of the molecule is Cc1cccc(Nc2nnc(SCC(=O)N(C)[C@H]3CCS(=O)(=O)C3)s2)c1C. The molecule has 0 radical (unpaired) electrons. The van der Waals surface area contributed by atoms with E-state index in [9.17, 15) is 13.2 Å². The molecule has 3 rings (SSSR count). The third-order valence-corrected chi connectivity index (χ3v) is 8.43. The Balaban J connectivity index is 1.55. The van der Waals surface area contributed by atoms with Gasteiger partial charge in [-0.3, -0.25) is 4.79 Å². The molecule has 0 aliphatic carbocycles. The van der Waals surface area contributed by atoms with E-state index in [1.54, 1.807) is 11.9 Å². The van der Waals surface area contributed by atoms with Crippen LogP contribution in [-0.4, -0.2) is 59.8 Å². The Morgan fingerprint density at radius 3 is 2.85 bits per heavy atom. The van der Waals surface area contributed by atoms with Gasteiger partial charge >= 0.3 is 0 Å². The van der Waals surface area contributed by atoms with Crippen LogP contribution in [0.3, 0.4) is 0 Å². The van der Waals surface area contributed by atoms with E-state index in [2.05, 4.69) is 28.5 Å². The quantitative estimate of drug-likeness (QED) is 0.710. The zero-order chi connectivity index (χ0) is 19.6. The largest absolute Gasteiger partial charge is 0.341 e. The zero-order valence-corrected chi connectivity index (χ0v) is 17.9. The highest BCUT2D eigenvalue weighted by atomic mass is 32.2. The molecule has 1 aromatic carbocycles. The van der Waals surface area contributed by atoms with Crippen LogP contribution in [-0.2, 0) is 14.6 Å². The maximum Gasteiger partial charge on any atom is 0.233 e. The average molecular weight is 427 g/mol. The second-order valence-electron chi connectivity index (χ2n) is 6.60. The highest BCUT2D eigenvalue weighted by molar-refractivity contribution is 8.01.